The average molecular weight is 463 g/mol. The van der Waals surface area contributed by atoms with Gasteiger partial charge in [0, 0.05) is 11.1 Å². The van der Waals surface area contributed by atoms with Gasteiger partial charge in [-0.1, -0.05) is 54.6 Å². The van der Waals surface area contributed by atoms with E-state index in [-0.39, 0.29) is 5.78 Å². The minimum Gasteiger partial charge on any atom is -0.699 e. The van der Waals surface area contributed by atoms with E-state index in [0.717, 1.165) is 0 Å². The molecule has 0 heterocycles. The number of hydrogen-bond acceptors (Lipinski definition) is 1. The van der Waals surface area contributed by atoms with Gasteiger partial charge < -0.3 is 5.73 Å². The van der Waals surface area contributed by atoms with Gasteiger partial charge in [-0.25, -0.2) is 0 Å². The first kappa shape index (κ1) is 11.0. The number of carbonyl (C=O) groups is 1. The summed E-state index contributed by atoms with van der Waals surface area (Å²) in [5.41, 5.74) is 9.04. The van der Waals surface area contributed by atoms with Crippen molar-refractivity contribution in [2.45, 2.75) is 0 Å². The van der Waals surface area contributed by atoms with E-state index in [0.29, 0.717) is 16.8 Å². The average Bonchev–Trinajstić information content (AvgIpc) is 2.30. The fourth-order valence-corrected chi connectivity index (χ4v) is 1.38. The van der Waals surface area contributed by atoms with Crippen molar-refractivity contribution in [1.82, 2.24) is 0 Å². The molecule has 2 aromatic carbocycles. The van der Waals surface area contributed by atoms with Crippen LogP contribution < -0.4 is 0 Å². The zero-order valence-corrected chi connectivity index (χ0v) is 15.2. The van der Waals surface area contributed by atoms with Crippen LogP contribution in [0.5, 0.6) is 0 Å². The molecule has 2 aromatic rings. The smallest absolute Gasteiger partial charge is 0.193 e. The fourth-order valence-electron chi connectivity index (χ4n) is 1.38. The van der Waals surface area contributed by atoms with E-state index >= 15 is 0 Å². The molecule has 76 valence electrons. The van der Waals surface area contributed by atoms with E-state index in [4.69, 9.17) is 5.73 Å². The molecule has 0 aliphatic rings. The van der Waals surface area contributed by atoms with Crippen LogP contribution in [0.25, 0.3) is 5.73 Å². The van der Waals surface area contributed by atoms with E-state index in [1.54, 1.807) is 36.4 Å². The van der Waals surface area contributed by atoms with Crippen LogP contribution in [0.4, 0.5) is 5.69 Å². The van der Waals surface area contributed by atoms with Gasteiger partial charge in [0.05, 0.1) is 0 Å². The Hall–Kier alpha value is -3.09. The van der Waals surface area contributed by atoms with Gasteiger partial charge in [0.1, 0.15) is 0 Å². The standard InChI is InChI=1S/C13H11NO.Rf/c14-12-8-6-11(7-9-12)13(15)10-4-2-1-3-5-10;/h1-9H,(H2,14,15);/p-1. The van der Waals surface area contributed by atoms with Crippen molar-refractivity contribution in [2.24, 2.45) is 0 Å². The molecule has 2 rings (SSSR count). The molecule has 3 heteroatoms. The van der Waals surface area contributed by atoms with Gasteiger partial charge in [-0.15, -0.1) is 5.69 Å². The third-order valence-corrected chi connectivity index (χ3v) is 2.18. The summed E-state index contributed by atoms with van der Waals surface area (Å²) >= 11 is 0. The van der Waals surface area contributed by atoms with Crippen molar-refractivity contribution < 1.29 is 4.79 Å². The molecule has 0 aromatic heterocycles. The predicted molar refractivity (Wildman–Crippen MR) is 60.3 cm³/mol. The maximum atomic E-state index is 11.9. The van der Waals surface area contributed by atoms with E-state index in [1.165, 1.54) is 0 Å². The molecular weight excluding hydrogens is 453 g/mol. The fraction of sp³-hybridized carbons (Fsp3) is 0. The van der Waals surface area contributed by atoms with Crippen LogP contribution in [0.3, 0.4) is 0 Å². The molecule has 0 bridgehead atoms. The van der Waals surface area contributed by atoms with Crippen LogP contribution in [-0.2, 0) is 0 Å². The molecule has 1 N–H and O–H groups in total. The van der Waals surface area contributed by atoms with E-state index < -0.39 is 0 Å². The Bertz CT molecular complexity index is 465. The first-order valence-electron chi connectivity index (χ1n) is 4.69. The van der Waals surface area contributed by atoms with Crippen molar-refractivity contribution in [2.75, 3.05) is 0 Å². The summed E-state index contributed by atoms with van der Waals surface area (Å²) in [6.07, 6.45) is 0. The Balaban J connectivity index is 0.00000128. The SMILES string of the molecule is [NH-]c1ccc(C(=O)c2ccccc2)cc1.[Rf]. The van der Waals surface area contributed by atoms with Crippen molar-refractivity contribution >= 4 is 11.5 Å². The van der Waals surface area contributed by atoms with Gasteiger partial charge in [0.15, 0.2) is 5.78 Å². The number of nitrogens with one attached hydrogen (secondary N) is 1. The van der Waals surface area contributed by atoms with Crippen molar-refractivity contribution in [3.05, 3.63) is 71.5 Å². The van der Waals surface area contributed by atoms with Crippen LogP contribution in [0.15, 0.2) is 54.6 Å². The molecule has 0 radical (unpaired) electrons. The van der Waals surface area contributed by atoms with Crippen LogP contribution in [0.2, 0.25) is 0 Å². The normalized spacial score (nSPS) is 9.25. The quantitative estimate of drug-likeness (QED) is 0.628. The topological polar surface area (TPSA) is 40.9 Å². The van der Waals surface area contributed by atoms with E-state index in [1.807, 2.05) is 18.2 Å². The molecule has 0 fully saturated rings. The summed E-state index contributed by atoms with van der Waals surface area (Å²) < 4.78 is 0. The molecule has 0 saturated carbocycles. The third-order valence-electron chi connectivity index (χ3n) is 2.18. The summed E-state index contributed by atoms with van der Waals surface area (Å²) in [5, 5.41) is 0. The van der Waals surface area contributed by atoms with Gasteiger partial charge in [0.25, 0.3) is 0 Å². The molecule has 0 unspecified atom stereocenters. The van der Waals surface area contributed by atoms with Crippen molar-refractivity contribution in [3.63, 3.8) is 0 Å². The van der Waals surface area contributed by atoms with Crippen LogP contribution in [-0.4, -0.2) is 5.78 Å². The van der Waals surface area contributed by atoms with Gasteiger partial charge in [-0.05, 0) is 0 Å². The predicted octanol–water partition coefficient (Wildman–Crippen LogP) is 3.60. The summed E-state index contributed by atoms with van der Waals surface area (Å²) in [4.78, 5) is 11.9. The zero-order valence-electron chi connectivity index (χ0n) is 8.81. The Morgan fingerprint density at radius 3 is 1.88 bits per heavy atom. The molecular formula is C13H10NORf-. The summed E-state index contributed by atoms with van der Waals surface area (Å²) in [6.45, 7) is 0. The summed E-state index contributed by atoms with van der Waals surface area (Å²) in [7, 11) is 0. The molecule has 16 heavy (non-hydrogen) atoms. The van der Waals surface area contributed by atoms with Gasteiger partial charge in [-0.2, -0.15) is 0 Å². The van der Waals surface area contributed by atoms with Crippen molar-refractivity contribution in [1.29, 1.82) is 0 Å². The Morgan fingerprint density at radius 2 is 1.31 bits per heavy atom. The van der Waals surface area contributed by atoms with Gasteiger partial charge in [-0.3, -0.25) is 4.79 Å². The minimum atomic E-state index is -0.00407. The number of ketones is 1. The second-order valence-electron chi connectivity index (χ2n) is 3.27. The van der Waals surface area contributed by atoms with Gasteiger partial charge in [0.2, 0.25) is 0 Å². The number of hydrogen-bond donors (Lipinski definition) is 0. The summed E-state index contributed by atoms with van der Waals surface area (Å²) in [5.74, 6) is -0.00407. The molecule has 0 amide bonds. The van der Waals surface area contributed by atoms with E-state index in [9.17, 15) is 4.79 Å². The largest absolute Gasteiger partial charge is 0.699 e. The third kappa shape index (κ3) is 2.04. The zero-order chi connectivity index (χ0) is 10.7. The van der Waals surface area contributed by atoms with Gasteiger partial charge >= 0.3 is 0 Å². The maximum Gasteiger partial charge on any atom is 0.193 e. The Morgan fingerprint density at radius 1 is 0.812 bits per heavy atom. The van der Waals surface area contributed by atoms with E-state index in [2.05, 4.69) is 0 Å². The molecule has 0 spiro atoms. The number of carbonyl (C=O) groups excluding carboxylic acids is 1. The maximum absolute atomic E-state index is 11.9. The molecule has 0 aliphatic heterocycles. The number of rotatable bonds is 2. The minimum absolute atomic E-state index is 0. The summed E-state index contributed by atoms with van der Waals surface area (Å²) in [6, 6.07) is 15.7. The Labute approximate surface area is 88.4 Å². The monoisotopic (exact) mass is 463 g/mol. The molecule has 0 saturated heterocycles. The van der Waals surface area contributed by atoms with Crippen LogP contribution >= 0.6 is 0 Å². The second kappa shape index (κ2) is 4.42. The molecule has 0 aliphatic carbocycles. The Kier molecular flexibility index (Phi) is 3.03. The van der Waals surface area contributed by atoms with Crippen LogP contribution in [0.1, 0.15) is 15.9 Å². The first-order chi connectivity index (χ1) is 7.27. The van der Waals surface area contributed by atoms with Crippen molar-refractivity contribution in [3.8, 4) is 0 Å². The molecule has 2 nitrogen and oxygen atoms in total. The second-order valence-corrected chi connectivity index (χ2v) is 3.27. The first-order valence-corrected chi connectivity index (χ1v) is 4.69. The molecule has 0 atom stereocenters. The number of benzene rings is 2. The van der Waals surface area contributed by atoms with Crippen LogP contribution in [0, 0.1) is 0 Å².